The summed E-state index contributed by atoms with van der Waals surface area (Å²) in [5, 5.41) is 0. The average molecular weight is 241 g/mol. The molecule has 2 aliphatic rings. The Kier molecular flexibility index (Phi) is 4.07. The first kappa shape index (κ1) is 12.2. The number of fused-ring (bicyclic) bond motifs is 1. The van der Waals surface area contributed by atoms with Gasteiger partial charge in [0, 0.05) is 18.2 Å². The van der Waals surface area contributed by atoms with Gasteiger partial charge in [-0.05, 0) is 43.9 Å². The van der Waals surface area contributed by atoms with Gasteiger partial charge in [-0.25, -0.2) is 0 Å². The molecule has 1 nitrogen and oxygen atoms in total. The minimum atomic E-state index is 0.267. The van der Waals surface area contributed by atoms with Crippen LogP contribution in [0.4, 0.5) is 0 Å². The molecular formula is C14H21ClO. The van der Waals surface area contributed by atoms with Crippen molar-refractivity contribution in [2.75, 3.05) is 5.88 Å². The van der Waals surface area contributed by atoms with E-state index in [2.05, 4.69) is 13.0 Å². The van der Waals surface area contributed by atoms with E-state index in [0.717, 1.165) is 37.5 Å². The van der Waals surface area contributed by atoms with Crippen molar-refractivity contribution in [2.45, 2.75) is 45.4 Å². The second-order valence-electron chi connectivity index (χ2n) is 5.24. The maximum atomic E-state index is 11.8. The fraction of sp³-hybridized carbons (Fsp3) is 0.786. The third-order valence-electron chi connectivity index (χ3n) is 4.28. The Morgan fingerprint density at radius 2 is 2.25 bits per heavy atom. The topological polar surface area (TPSA) is 17.1 Å². The summed E-state index contributed by atoms with van der Waals surface area (Å²) in [6.45, 7) is 2.12. The average Bonchev–Trinajstić information content (AvgIpc) is 2.68. The van der Waals surface area contributed by atoms with Gasteiger partial charge < -0.3 is 0 Å². The second kappa shape index (κ2) is 5.35. The highest BCUT2D eigenvalue weighted by Crippen LogP contribution is 2.45. The molecule has 2 rings (SSSR count). The van der Waals surface area contributed by atoms with Crippen LogP contribution in [-0.2, 0) is 4.79 Å². The largest absolute Gasteiger partial charge is 0.299 e. The standard InChI is InChI=1S/C14H21ClO/c1-10-13(16)8-7-12-6-5-11(14(10)12)4-2-3-9-15/h5,10,12,14H,2-4,6-9H2,1H3/t10?,12-,14-/m0/s1. The summed E-state index contributed by atoms with van der Waals surface area (Å²) in [4.78, 5) is 11.8. The van der Waals surface area contributed by atoms with E-state index in [4.69, 9.17) is 11.6 Å². The van der Waals surface area contributed by atoms with Gasteiger partial charge in [-0.15, -0.1) is 11.6 Å². The Morgan fingerprint density at radius 3 is 3.00 bits per heavy atom. The van der Waals surface area contributed by atoms with Gasteiger partial charge in [-0.3, -0.25) is 4.79 Å². The number of carbonyl (C=O) groups is 1. The van der Waals surface area contributed by atoms with Crippen LogP contribution in [0.15, 0.2) is 11.6 Å². The van der Waals surface area contributed by atoms with E-state index in [0.29, 0.717) is 11.7 Å². The normalized spacial score (nSPS) is 33.8. The Labute approximate surface area is 103 Å². The van der Waals surface area contributed by atoms with Gasteiger partial charge in [-0.1, -0.05) is 18.6 Å². The van der Waals surface area contributed by atoms with Crippen LogP contribution in [0.2, 0.25) is 0 Å². The van der Waals surface area contributed by atoms with Crippen LogP contribution in [0.3, 0.4) is 0 Å². The molecule has 1 saturated carbocycles. The van der Waals surface area contributed by atoms with Crippen LogP contribution < -0.4 is 0 Å². The molecule has 2 aliphatic carbocycles. The Morgan fingerprint density at radius 1 is 1.44 bits per heavy atom. The molecule has 90 valence electrons. The molecule has 0 N–H and O–H groups in total. The molecule has 1 fully saturated rings. The number of hydrogen-bond acceptors (Lipinski definition) is 1. The molecule has 0 aromatic heterocycles. The van der Waals surface area contributed by atoms with Crippen LogP contribution in [0.25, 0.3) is 0 Å². The smallest absolute Gasteiger partial charge is 0.136 e. The number of rotatable bonds is 4. The molecule has 0 bridgehead atoms. The van der Waals surface area contributed by atoms with Gasteiger partial charge in [0.2, 0.25) is 0 Å². The van der Waals surface area contributed by atoms with E-state index in [1.54, 1.807) is 5.57 Å². The highest BCUT2D eigenvalue weighted by molar-refractivity contribution is 6.17. The van der Waals surface area contributed by atoms with Crippen LogP contribution in [0.5, 0.6) is 0 Å². The summed E-state index contributed by atoms with van der Waals surface area (Å²) in [5.74, 6) is 2.83. The zero-order valence-electron chi connectivity index (χ0n) is 10.0. The quantitative estimate of drug-likeness (QED) is 0.413. The predicted molar refractivity (Wildman–Crippen MR) is 67.7 cm³/mol. The van der Waals surface area contributed by atoms with E-state index in [1.807, 2.05) is 0 Å². The van der Waals surface area contributed by atoms with Crippen molar-refractivity contribution in [3.63, 3.8) is 0 Å². The minimum Gasteiger partial charge on any atom is -0.299 e. The molecule has 0 aromatic carbocycles. The Bertz CT molecular complexity index is 295. The van der Waals surface area contributed by atoms with E-state index in [1.165, 1.54) is 12.8 Å². The van der Waals surface area contributed by atoms with E-state index < -0.39 is 0 Å². The summed E-state index contributed by atoms with van der Waals surface area (Å²) in [7, 11) is 0. The molecule has 0 aliphatic heterocycles. The molecular weight excluding hydrogens is 220 g/mol. The highest BCUT2D eigenvalue weighted by Gasteiger charge is 2.39. The lowest BCUT2D eigenvalue weighted by Gasteiger charge is -2.32. The molecule has 3 atom stereocenters. The van der Waals surface area contributed by atoms with Gasteiger partial charge in [0.25, 0.3) is 0 Å². The lowest BCUT2D eigenvalue weighted by molar-refractivity contribution is -0.126. The lowest BCUT2D eigenvalue weighted by Crippen LogP contribution is -2.31. The molecule has 16 heavy (non-hydrogen) atoms. The molecule has 0 aromatic rings. The first-order chi connectivity index (χ1) is 7.74. The monoisotopic (exact) mass is 240 g/mol. The van der Waals surface area contributed by atoms with E-state index in [9.17, 15) is 4.79 Å². The summed E-state index contributed by atoms with van der Waals surface area (Å²) in [5.41, 5.74) is 1.55. The zero-order valence-corrected chi connectivity index (χ0v) is 10.8. The van der Waals surface area contributed by atoms with E-state index in [-0.39, 0.29) is 5.92 Å². The molecule has 0 heterocycles. The Hall–Kier alpha value is -0.300. The maximum Gasteiger partial charge on any atom is 0.136 e. The molecule has 0 radical (unpaired) electrons. The number of ketones is 1. The number of unbranched alkanes of at least 4 members (excludes halogenated alkanes) is 1. The Balaban J connectivity index is 1.96. The maximum absolute atomic E-state index is 11.8. The number of allylic oxidation sites excluding steroid dienone is 2. The highest BCUT2D eigenvalue weighted by atomic mass is 35.5. The minimum absolute atomic E-state index is 0.267. The molecule has 0 amide bonds. The number of carbonyl (C=O) groups excluding carboxylic acids is 1. The second-order valence-corrected chi connectivity index (χ2v) is 5.62. The van der Waals surface area contributed by atoms with Gasteiger partial charge in [0.05, 0.1) is 0 Å². The van der Waals surface area contributed by atoms with E-state index >= 15 is 0 Å². The molecule has 0 spiro atoms. The van der Waals surface area contributed by atoms with Crippen molar-refractivity contribution in [3.05, 3.63) is 11.6 Å². The molecule has 2 heteroatoms. The first-order valence-electron chi connectivity index (χ1n) is 6.51. The lowest BCUT2D eigenvalue weighted by atomic mass is 9.71. The van der Waals surface area contributed by atoms with Crippen molar-refractivity contribution >= 4 is 17.4 Å². The zero-order chi connectivity index (χ0) is 11.5. The summed E-state index contributed by atoms with van der Waals surface area (Å²) >= 11 is 5.70. The van der Waals surface area contributed by atoms with Crippen LogP contribution in [0, 0.1) is 17.8 Å². The third kappa shape index (κ3) is 2.34. The van der Waals surface area contributed by atoms with Gasteiger partial charge in [-0.2, -0.15) is 0 Å². The van der Waals surface area contributed by atoms with Crippen molar-refractivity contribution in [1.82, 2.24) is 0 Å². The van der Waals surface area contributed by atoms with Gasteiger partial charge >= 0.3 is 0 Å². The summed E-state index contributed by atoms with van der Waals surface area (Å²) in [6.07, 6.45) is 8.97. The number of Topliss-reactive ketones (excluding diaryl/α,β-unsaturated/α-hetero) is 1. The summed E-state index contributed by atoms with van der Waals surface area (Å²) < 4.78 is 0. The van der Waals surface area contributed by atoms with Crippen molar-refractivity contribution in [2.24, 2.45) is 17.8 Å². The number of halogens is 1. The van der Waals surface area contributed by atoms with Crippen molar-refractivity contribution in [1.29, 1.82) is 0 Å². The number of hydrogen-bond donors (Lipinski definition) is 0. The first-order valence-corrected chi connectivity index (χ1v) is 7.05. The van der Waals surface area contributed by atoms with Crippen LogP contribution in [0.1, 0.15) is 45.4 Å². The van der Waals surface area contributed by atoms with Crippen molar-refractivity contribution in [3.8, 4) is 0 Å². The van der Waals surface area contributed by atoms with Gasteiger partial charge in [0.15, 0.2) is 0 Å². The van der Waals surface area contributed by atoms with Crippen LogP contribution >= 0.6 is 11.6 Å². The van der Waals surface area contributed by atoms with Gasteiger partial charge in [0.1, 0.15) is 5.78 Å². The SMILES string of the molecule is CC1C(=O)CC[C@@H]2CC=C(CCCCCl)[C@H]12. The number of alkyl halides is 1. The fourth-order valence-electron chi connectivity index (χ4n) is 3.36. The summed E-state index contributed by atoms with van der Waals surface area (Å²) in [6, 6.07) is 0. The third-order valence-corrected chi connectivity index (χ3v) is 4.54. The van der Waals surface area contributed by atoms with Crippen molar-refractivity contribution < 1.29 is 4.79 Å². The molecule has 1 unspecified atom stereocenters. The van der Waals surface area contributed by atoms with Crippen LogP contribution in [-0.4, -0.2) is 11.7 Å². The molecule has 0 saturated heterocycles. The fourth-order valence-corrected chi connectivity index (χ4v) is 3.55. The predicted octanol–water partition coefficient (Wildman–Crippen LogP) is 3.96.